The van der Waals surface area contributed by atoms with E-state index in [4.69, 9.17) is 9.47 Å². The molecule has 144 valence electrons. The fourth-order valence-corrected chi connectivity index (χ4v) is 3.73. The van der Waals surface area contributed by atoms with Crippen molar-refractivity contribution in [3.63, 3.8) is 0 Å². The smallest absolute Gasteiger partial charge is 0.310 e. The summed E-state index contributed by atoms with van der Waals surface area (Å²) in [5.74, 6) is 0.733. The number of carbonyl (C=O) groups is 1. The predicted octanol–water partition coefficient (Wildman–Crippen LogP) is 0.948. The summed E-state index contributed by atoms with van der Waals surface area (Å²) in [6.07, 6.45) is 3.90. The van der Waals surface area contributed by atoms with Gasteiger partial charge in [-0.2, -0.15) is 0 Å². The predicted molar refractivity (Wildman–Crippen MR) is 98.8 cm³/mol. The standard InChI is InChI=1S/C18H34N4O3/c1-5-25-16(23)15-7-6-10-22(13-15)17(19-2)20-14-18(21(3)4)8-11-24-12-9-18/h15H,5-14H2,1-4H3,(H,19,20). The normalized spacial score (nSPS) is 24.3. The molecule has 0 aromatic carbocycles. The van der Waals surface area contributed by atoms with E-state index in [0.717, 1.165) is 57.9 Å². The van der Waals surface area contributed by atoms with Crippen LogP contribution in [0.3, 0.4) is 0 Å². The monoisotopic (exact) mass is 354 g/mol. The van der Waals surface area contributed by atoms with Gasteiger partial charge in [-0.3, -0.25) is 9.79 Å². The minimum Gasteiger partial charge on any atom is -0.466 e. The van der Waals surface area contributed by atoms with Gasteiger partial charge in [-0.05, 0) is 46.7 Å². The van der Waals surface area contributed by atoms with E-state index in [-0.39, 0.29) is 17.4 Å². The van der Waals surface area contributed by atoms with E-state index in [1.165, 1.54) is 0 Å². The second kappa shape index (κ2) is 9.38. The molecule has 1 atom stereocenters. The summed E-state index contributed by atoms with van der Waals surface area (Å²) in [5, 5.41) is 3.55. The third-order valence-corrected chi connectivity index (χ3v) is 5.50. The maximum absolute atomic E-state index is 12.1. The fraction of sp³-hybridized carbons (Fsp3) is 0.889. The molecule has 2 saturated heterocycles. The Bertz CT molecular complexity index is 461. The lowest BCUT2D eigenvalue weighted by molar-refractivity contribution is -0.149. The minimum atomic E-state index is -0.0863. The van der Waals surface area contributed by atoms with E-state index >= 15 is 0 Å². The van der Waals surface area contributed by atoms with Crippen molar-refractivity contribution in [2.24, 2.45) is 10.9 Å². The highest BCUT2D eigenvalue weighted by atomic mass is 16.5. The Hall–Kier alpha value is -1.34. The lowest BCUT2D eigenvalue weighted by Gasteiger charge is -2.44. The Labute approximate surface area is 151 Å². The maximum atomic E-state index is 12.1. The molecule has 2 aliphatic rings. The molecule has 0 aromatic heterocycles. The largest absolute Gasteiger partial charge is 0.466 e. The summed E-state index contributed by atoms with van der Waals surface area (Å²) in [6, 6.07) is 0. The zero-order chi connectivity index (χ0) is 18.3. The van der Waals surface area contributed by atoms with Crippen LogP contribution in [0.25, 0.3) is 0 Å². The number of carbonyl (C=O) groups excluding carboxylic acids is 1. The average molecular weight is 354 g/mol. The van der Waals surface area contributed by atoms with Crippen molar-refractivity contribution < 1.29 is 14.3 Å². The van der Waals surface area contributed by atoms with Crippen LogP contribution in [-0.2, 0) is 14.3 Å². The van der Waals surface area contributed by atoms with Gasteiger partial charge in [-0.1, -0.05) is 0 Å². The molecule has 2 fully saturated rings. The first-order chi connectivity index (χ1) is 12.0. The lowest BCUT2D eigenvalue weighted by Crippen LogP contribution is -2.58. The second-order valence-electron chi connectivity index (χ2n) is 7.17. The molecule has 0 aliphatic carbocycles. The van der Waals surface area contributed by atoms with Gasteiger partial charge in [-0.15, -0.1) is 0 Å². The number of likely N-dealkylation sites (tertiary alicyclic amines) is 1. The molecule has 0 saturated carbocycles. The van der Waals surface area contributed by atoms with Crippen LogP contribution in [0.5, 0.6) is 0 Å². The Kier molecular flexibility index (Phi) is 7.50. The van der Waals surface area contributed by atoms with E-state index in [1.807, 2.05) is 14.0 Å². The molecule has 2 heterocycles. The molecule has 0 bridgehead atoms. The number of ether oxygens (including phenoxy) is 2. The summed E-state index contributed by atoms with van der Waals surface area (Å²) in [5.41, 5.74) is 0.0878. The second-order valence-corrected chi connectivity index (χ2v) is 7.17. The highest BCUT2D eigenvalue weighted by Crippen LogP contribution is 2.25. The third-order valence-electron chi connectivity index (χ3n) is 5.50. The SMILES string of the molecule is CCOC(=O)C1CCCN(C(=NC)NCC2(N(C)C)CCOCC2)C1. The zero-order valence-electron chi connectivity index (χ0n) is 16.2. The molecule has 7 nitrogen and oxygen atoms in total. The number of nitrogens with zero attached hydrogens (tertiary/aromatic N) is 3. The average Bonchev–Trinajstić information content (AvgIpc) is 2.63. The Morgan fingerprint density at radius 2 is 2.12 bits per heavy atom. The van der Waals surface area contributed by atoms with Crippen LogP contribution in [0.15, 0.2) is 4.99 Å². The number of esters is 1. The molecule has 1 unspecified atom stereocenters. The number of hydrogen-bond acceptors (Lipinski definition) is 5. The summed E-state index contributed by atoms with van der Waals surface area (Å²) in [7, 11) is 6.07. The number of piperidine rings is 1. The fourth-order valence-electron chi connectivity index (χ4n) is 3.73. The van der Waals surface area contributed by atoms with Crippen molar-refractivity contribution in [3.8, 4) is 0 Å². The molecule has 1 N–H and O–H groups in total. The summed E-state index contributed by atoms with van der Waals surface area (Å²) in [4.78, 5) is 21.0. The molecule has 25 heavy (non-hydrogen) atoms. The van der Waals surface area contributed by atoms with Gasteiger partial charge in [0, 0.05) is 45.4 Å². The number of rotatable bonds is 5. The molecule has 0 radical (unpaired) electrons. The van der Waals surface area contributed by atoms with Crippen molar-refractivity contribution >= 4 is 11.9 Å². The number of aliphatic imine (C=N–C) groups is 1. The Morgan fingerprint density at radius 3 is 2.72 bits per heavy atom. The molecule has 0 aromatic rings. The van der Waals surface area contributed by atoms with Gasteiger partial charge in [0.05, 0.1) is 12.5 Å². The van der Waals surface area contributed by atoms with Gasteiger partial charge < -0.3 is 24.6 Å². The maximum Gasteiger partial charge on any atom is 0.310 e. The van der Waals surface area contributed by atoms with Gasteiger partial charge in [0.1, 0.15) is 0 Å². The third kappa shape index (κ3) is 5.07. The van der Waals surface area contributed by atoms with Gasteiger partial charge in [0.2, 0.25) is 0 Å². The van der Waals surface area contributed by atoms with Crippen LogP contribution in [0.1, 0.15) is 32.6 Å². The van der Waals surface area contributed by atoms with E-state index < -0.39 is 0 Å². The number of likely N-dealkylation sites (N-methyl/N-ethyl adjacent to an activating group) is 1. The molecule has 7 heteroatoms. The summed E-state index contributed by atoms with van der Waals surface area (Å²) >= 11 is 0. The van der Waals surface area contributed by atoms with Crippen molar-refractivity contribution in [2.45, 2.75) is 38.1 Å². The molecular formula is C18H34N4O3. The van der Waals surface area contributed by atoms with Crippen LogP contribution in [-0.4, -0.2) is 87.9 Å². The van der Waals surface area contributed by atoms with Gasteiger partial charge >= 0.3 is 5.97 Å². The first-order valence-electron chi connectivity index (χ1n) is 9.40. The topological polar surface area (TPSA) is 66.4 Å². The first kappa shape index (κ1) is 20.0. The van der Waals surface area contributed by atoms with E-state index in [0.29, 0.717) is 13.2 Å². The van der Waals surface area contributed by atoms with Crippen molar-refractivity contribution in [1.82, 2.24) is 15.1 Å². The van der Waals surface area contributed by atoms with Crippen LogP contribution >= 0.6 is 0 Å². The summed E-state index contributed by atoms with van der Waals surface area (Å²) < 4.78 is 10.7. The molecule has 2 rings (SSSR count). The molecule has 2 aliphatic heterocycles. The number of hydrogen-bond donors (Lipinski definition) is 1. The molecular weight excluding hydrogens is 320 g/mol. The van der Waals surface area contributed by atoms with Crippen LogP contribution in [0, 0.1) is 5.92 Å². The van der Waals surface area contributed by atoms with Crippen molar-refractivity contribution in [3.05, 3.63) is 0 Å². The van der Waals surface area contributed by atoms with Crippen LogP contribution in [0.2, 0.25) is 0 Å². The van der Waals surface area contributed by atoms with Crippen molar-refractivity contribution in [2.75, 3.05) is 60.6 Å². The number of nitrogens with one attached hydrogen (secondary N) is 1. The highest BCUT2D eigenvalue weighted by Gasteiger charge is 2.36. The van der Waals surface area contributed by atoms with E-state index in [1.54, 1.807) is 0 Å². The van der Waals surface area contributed by atoms with Gasteiger partial charge in [0.25, 0.3) is 0 Å². The Morgan fingerprint density at radius 1 is 1.40 bits per heavy atom. The minimum absolute atomic E-state index is 0.0573. The highest BCUT2D eigenvalue weighted by molar-refractivity contribution is 5.81. The van der Waals surface area contributed by atoms with Gasteiger partial charge in [0.15, 0.2) is 5.96 Å². The molecule has 0 spiro atoms. The van der Waals surface area contributed by atoms with Crippen LogP contribution < -0.4 is 5.32 Å². The molecule has 0 amide bonds. The first-order valence-corrected chi connectivity index (χ1v) is 9.40. The zero-order valence-corrected chi connectivity index (χ0v) is 16.2. The number of guanidine groups is 1. The summed E-state index contributed by atoms with van der Waals surface area (Å²) in [6.45, 7) is 6.32. The van der Waals surface area contributed by atoms with Gasteiger partial charge in [-0.25, -0.2) is 0 Å². The Balaban J connectivity index is 1.96. The van der Waals surface area contributed by atoms with Crippen molar-refractivity contribution in [1.29, 1.82) is 0 Å². The van der Waals surface area contributed by atoms with Crippen LogP contribution in [0.4, 0.5) is 0 Å². The lowest BCUT2D eigenvalue weighted by atomic mass is 9.88. The quantitative estimate of drug-likeness (QED) is 0.450. The van der Waals surface area contributed by atoms with E-state index in [2.05, 4.69) is 34.2 Å². The van der Waals surface area contributed by atoms with E-state index in [9.17, 15) is 4.79 Å².